The molecule has 0 fully saturated rings. The normalized spacial score (nSPS) is 10.4. The van der Waals surface area contributed by atoms with Crippen LogP contribution in [0.4, 0.5) is 0 Å². The maximum Gasteiger partial charge on any atom is 0.139 e. The Labute approximate surface area is 100 Å². The zero-order valence-corrected chi connectivity index (χ0v) is 10.3. The quantitative estimate of drug-likeness (QED) is 0.797. The number of hydrogen-bond acceptors (Lipinski definition) is 2. The van der Waals surface area contributed by atoms with Gasteiger partial charge in [-0.3, -0.25) is 0 Å². The number of aromatic amines is 1. The SMILES string of the molecule is CCc1ccc(-c2nc(=S)cc(C)[nH]2)cc1. The molecule has 0 unspecified atom stereocenters. The van der Waals surface area contributed by atoms with Gasteiger partial charge in [0, 0.05) is 11.3 Å². The van der Waals surface area contributed by atoms with E-state index in [1.165, 1.54) is 5.56 Å². The molecule has 3 heteroatoms. The van der Waals surface area contributed by atoms with E-state index >= 15 is 0 Å². The van der Waals surface area contributed by atoms with Gasteiger partial charge in [-0.2, -0.15) is 0 Å². The third-order valence-corrected chi connectivity index (χ3v) is 2.72. The van der Waals surface area contributed by atoms with Crippen molar-refractivity contribution in [2.75, 3.05) is 0 Å². The van der Waals surface area contributed by atoms with Crippen molar-refractivity contribution in [1.82, 2.24) is 9.97 Å². The van der Waals surface area contributed by atoms with Gasteiger partial charge in [0.1, 0.15) is 10.5 Å². The van der Waals surface area contributed by atoms with Crippen molar-refractivity contribution in [3.05, 3.63) is 46.2 Å². The molecule has 1 aromatic heterocycles. The molecule has 1 aromatic carbocycles. The topological polar surface area (TPSA) is 28.7 Å². The monoisotopic (exact) mass is 230 g/mol. The molecule has 0 atom stereocenters. The van der Waals surface area contributed by atoms with Crippen molar-refractivity contribution in [3.63, 3.8) is 0 Å². The van der Waals surface area contributed by atoms with E-state index in [1.807, 2.05) is 13.0 Å². The second-order valence-corrected chi connectivity index (χ2v) is 4.22. The number of aromatic nitrogens is 2. The maximum atomic E-state index is 5.10. The molecule has 0 radical (unpaired) electrons. The number of nitrogens with zero attached hydrogens (tertiary/aromatic N) is 1. The van der Waals surface area contributed by atoms with Crippen molar-refractivity contribution in [2.45, 2.75) is 20.3 Å². The Morgan fingerprint density at radius 1 is 1.25 bits per heavy atom. The van der Waals surface area contributed by atoms with E-state index in [-0.39, 0.29) is 0 Å². The van der Waals surface area contributed by atoms with Crippen molar-refractivity contribution in [2.24, 2.45) is 0 Å². The zero-order valence-electron chi connectivity index (χ0n) is 9.45. The van der Waals surface area contributed by atoms with Crippen LogP contribution in [0.2, 0.25) is 0 Å². The van der Waals surface area contributed by atoms with Crippen LogP contribution in [0.3, 0.4) is 0 Å². The van der Waals surface area contributed by atoms with Gasteiger partial charge >= 0.3 is 0 Å². The summed E-state index contributed by atoms with van der Waals surface area (Å²) in [5, 5.41) is 0. The molecule has 0 amide bonds. The zero-order chi connectivity index (χ0) is 11.5. The molecule has 2 rings (SSSR count). The molecule has 2 aromatic rings. The van der Waals surface area contributed by atoms with Crippen molar-refractivity contribution in [3.8, 4) is 11.4 Å². The molecule has 0 saturated carbocycles. The molecule has 0 aliphatic heterocycles. The van der Waals surface area contributed by atoms with Crippen LogP contribution in [-0.4, -0.2) is 9.97 Å². The van der Waals surface area contributed by atoms with Gasteiger partial charge in [0.15, 0.2) is 0 Å². The Morgan fingerprint density at radius 2 is 1.94 bits per heavy atom. The van der Waals surface area contributed by atoms with Crippen LogP contribution in [0.25, 0.3) is 11.4 Å². The van der Waals surface area contributed by atoms with Gasteiger partial charge in [-0.25, -0.2) is 4.98 Å². The first-order valence-electron chi connectivity index (χ1n) is 5.36. The summed E-state index contributed by atoms with van der Waals surface area (Å²) in [5.41, 5.74) is 3.44. The lowest BCUT2D eigenvalue weighted by atomic mass is 10.1. The lowest BCUT2D eigenvalue weighted by Gasteiger charge is -2.03. The van der Waals surface area contributed by atoms with Gasteiger partial charge in [0.05, 0.1) is 0 Å². The van der Waals surface area contributed by atoms with E-state index in [2.05, 4.69) is 41.2 Å². The third-order valence-electron chi connectivity index (χ3n) is 2.51. The van der Waals surface area contributed by atoms with Gasteiger partial charge in [0.25, 0.3) is 0 Å². The van der Waals surface area contributed by atoms with Crippen LogP contribution < -0.4 is 0 Å². The van der Waals surface area contributed by atoms with Crippen LogP contribution in [0.15, 0.2) is 30.3 Å². The van der Waals surface area contributed by atoms with Crippen LogP contribution in [0.5, 0.6) is 0 Å². The Balaban J connectivity index is 2.46. The summed E-state index contributed by atoms with van der Waals surface area (Å²) in [6, 6.07) is 10.3. The summed E-state index contributed by atoms with van der Waals surface area (Å²) >= 11 is 5.10. The molecule has 0 bridgehead atoms. The molecule has 0 aliphatic carbocycles. The number of aryl methyl sites for hydroxylation is 2. The third kappa shape index (κ3) is 2.36. The maximum absolute atomic E-state index is 5.10. The highest BCUT2D eigenvalue weighted by Gasteiger charge is 2.00. The Hall–Kier alpha value is -1.48. The molecule has 0 spiro atoms. The standard InChI is InChI=1S/C13H14N2S/c1-3-10-4-6-11(7-5-10)13-14-9(2)8-12(16)15-13/h4-8H,3H2,1-2H3,(H,14,15,16). The van der Waals surface area contributed by atoms with Crippen molar-refractivity contribution in [1.29, 1.82) is 0 Å². The van der Waals surface area contributed by atoms with Gasteiger partial charge in [-0.1, -0.05) is 43.4 Å². The summed E-state index contributed by atoms with van der Waals surface area (Å²) in [6.45, 7) is 4.13. The summed E-state index contributed by atoms with van der Waals surface area (Å²) in [7, 11) is 0. The van der Waals surface area contributed by atoms with Gasteiger partial charge in [-0.05, 0) is 25.0 Å². The molecule has 16 heavy (non-hydrogen) atoms. The van der Waals surface area contributed by atoms with E-state index in [0.717, 1.165) is 23.5 Å². The first kappa shape index (κ1) is 11.0. The minimum Gasteiger partial charge on any atom is -0.343 e. The van der Waals surface area contributed by atoms with Crippen LogP contribution in [-0.2, 0) is 6.42 Å². The average Bonchev–Trinajstić information content (AvgIpc) is 2.28. The van der Waals surface area contributed by atoms with Gasteiger partial charge in [-0.15, -0.1) is 0 Å². The molecule has 1 heterocycles. The summed E-state index contributed by atoms with van der Waals surface area (Å²) in [6.07, 6.45) is 1.05. The highest BCUT2D eigenvalue weighted by Crippen LogP contribution is 2.16. The first-order chi connectivity index (χ1) is 7.69. The Morgan fingerprint density at radius 3 is 2.50 bits per heavy atom. The second kappa shape index (κ2) is 4.58. The number of nitrogens with one attached hydrogen (secondary N) is 1. The molecule has 2 nitrogen and oxygen atoms in total. The predicted octanol–water partition coefficient (Wildman–Crippen LogP) is 3.68. The van der Waals surface area contributed by atoms with E-state index < -0.39 is 0 Å². The largest absolute Gasteiger partial charge is 0.343 e. The fourth-order valence-electron chi connectivity index (χ4n) is 1.61. The molecular weight excluding hydrogens is 216 g/mol. The smallest absolute Gasteiger partial charge is 0.139 e. The molecular formula is C13H14N2S. The lowest BCUT2D eigenvalue weighted by Crippen LogP contribution is -1.92. The number of H-pyrrole nitrogens is 1. The lowest BCUT2D eigenvalue weighted by molar-refractivity contribution is 1.09. The van der Waals surface area contributed by atoms with Crippen molar-refractivity contribution < 1.29 is 0 Å². The fourth-order valence-corrected chi connectivity index (χ4v) is 1.88. The van der Waals surface area contributed by atoms with Crippen molar-refractivity contribution >= 4 is 12.2 Å². The summed E-state index contributed by atoms with van der Waals surface area (Å²) in [5.74, 6) is 0.840. The molecule has 0 aliphatic rings. The van der Waals surface area contributed by atoms with Crippen LogP contribution >= 0.6 is 12.2 Å². The molecule has 1 N–H and O–H groups in total. The number of hydrogen-bond donors (Lipinski definition) is 1. The highest BCUT2D eigenvalue weighted by molar-refractivity contribution is 7.71. The second-order valence-electron chi connectivity index (χ2n) is 3.80. The molecule has 0 saturated heterocycles. The highest BCUT2D eigenvalue weighted by atomic mass is 32.1. The average molecular weight is 230 g/mol. The van der Waals surface area contributed by atoms with E-state index in [1.54, 1.807) is 0 Å². The van der Waals surface area contributed by atoms with Crippen LogP contribution in [0.1, 0.15) is 18.2 Å². The van der Waals surface area contributed by atoms with Gasteiger partial charge < -0.3 is 4.98 Å². The summed E-state index contributed by atoms with van der Waals surface area (Å²) < 4.78 is 0.630. The fraction of sp³-hybridized carbons (Fsp3) is 0.231. The van der Waals surface area contributed by atoms with Gasteiger partial charge in [0.2, 0.25) is 0 Å². The van der Waals surface area contributed by atoms with Crippen LogP contribution in [0, 0.1) is 11.6 Å². The Kier molecular flexibility index (Phi) is 3.15. The van der Waals surface area contributed by atoms with E-state index in [9.17, 15) is 0 Å². The molecule has 82 valence electrons. The minimum atomic E-state index is 0.630. The summed E-state index contributed by atoms with van der Waals surface area (Å²) in [4.78, 5) is 7.54. The Bertz CT molecular complexity index is 541. The van der Waals surface area contributed by atoms with E-state index in [4.69, 9.17) is 12.2 Å². The minimum absolute atomic E-state index is 0.630. The number of benzene rings is 1. The predicted molar refractivity (Wildman–Crippen MR) is 69.0 cm³/mol. The first-order valence-corrected chi connectivity index (χ1v) is 5.77. The van der Waals surface area contributed by atoms with E-state index in [0.29, 0.717) is 4.64 Å². The number of rotatable bonds is 2.